The number of hydrogen-bond donors (Lipinski definition) is 2. The van der Waals surface area contributed by atoms with Crippen molar-refractivity contribution < 1.29 is 13.2 Å². The Labute approximate surface area is 169 Å². The third-order valence-corrected chi connectivity index (χ3v) is 6.94. The molecule has 1 amide bonds. The number of nitrogen functional groups attached to an aromatic ring is 1. The molecule has 0 saturated heterocycles. The molecule has 0 bridgehead atoms. The number of anilines is 1. The number of sulfone groups is 1. The predicted octanol–water partition coefficient (Wildman–Crippen LogP) is 3.08. The van der Waals surface area contributed by atoms with Gasteiger partial charge in [-0.15, -0.1) is 0 Å². The molecule has 148 valence electrons. The third kappa shape index (κ3) is 3.61. The molecule has 3 aromatic rings. The molecular formula is C22H21N3O3S. The largest absolute Gasteiger partial charge is 0.383 e. The average Bonchev–Trinajstić information content (AvgIpc) is 2.74. The van der Waals surface area contributed by atoms with Crippen molar-refractivity contribution in [3.8, 4) is 22.3 Å². The van der Waals surface area contributed by atoms with E-state index in [1.165, 1.54) is 0 Å². The van der Waals surface area contributed by atoms with Crippen LogP contribution in [0.15, 0.2) is 59.6 Å². The number of hydrogen-bond acceptors (Lipinski definition) is 5. The van der Waals surface area contributed by atoms with Crippen LogP contribution in [0.25, 0.3) is 22.3 Å². The maximum Gasteiger partial charge on any atom is 0.251 e. The SMILES string of the molecule is CCS(=O)(=O)c1ccc(-c2cnc(N)c(-c3ccc4c(c3)CCNC4=O)c2)cc1. The van der Waals surface area contributed by atoms with Crippen molar-refractivity contribution in [1.82, 2.24) is 10.3 Å². The minimum Gasteiger partial charge on any atom is -0.383 e. The van der Waals surface area contributed by atoms with Crippen LogP contribution in [0.2, 0.25) is 0 Å². The van der Waals surface area contributed by atoms with E-state index >= 15 is 0 Å². The van der Waals surface area contributed by atoms with Gasteiger partial charge in [0.05, 0.1) is 10.6 Å². The van der Waals surface area contributed by atoms with Gasteiger partial charge in [0, 0.05) is 29.4 Å². The number of nitrogens with one attached hydrogen (secondary N) is 1. The number of carbonyl (C=O) groups is 1. The molecule has 6 nitrogen and oxygen atoms in total. The van der Waals surface area contributed by atoms with Crippen molar-refractivity contribution in [2.75, 3.05) is 18.0 Å². The Morgan fingerprint density at radius 1 is 1.00 bits per heavy atom. The molecule has 3 N–H and O–H groups in total. The Bertz CT molecular complexity index is 1200. The van der Waals surface area contributed by atoms with Crippen LogP contribution in [0.3, 0.4) is 0 Å². The van der Waals surface area contributed by atoms with Crippen LogP contribution in [0, 0.1) is 0 Å². The van der Waals surface area contributed by atoms with Crippen LogP contribution in [0.5, 0.6) is 0 Å². The van der Waals surface area contributed by atoms with Gasteiger partial charge in [-0.05, 0) is 47.4 Å². The summed E-state index contributed by atoms with van der Waals surface area (Å²) >= 11 is 0. The van der Waals surface area contributed by atoms with Crippen LogP contribution < -0.4 is 11.1 Å². The molecular weight excluding hydrogens is 386 g/mol. The lowest BCUT2D eigenvalue weighted by Crippen LogP contribution is -2.31. The van der Waals surface area contributed by atoms with E-state index in [9.17, 15) is 13.2 Å². The summed E-state index contributed by atoms with van der Waals surface area (Å²) in [6.07, 6.45) is 2.45. The second-order valence-corrected chi connectivity index (χ2v) is 9.24. The fourth-order valence-corrected chi connectivity index (χ4v) is 4.37. The fraction of sp³-hybridized carbons (Fsp3) is 0.182. The van der Waals surface area contributed by atoms with Gasteiger partial charge in [0.25, 0.3) is 5.91 Å². The lowest BCUT2D eigenvalue weighted by molar-refractivity contribution is 0.0946. The van der Waals surface area contributed by atoms with Crippen molar-refractivity contribution in [3.63, 3.8) is 0 Å². The zero-order chi connectivity index (χ0) is 20.6. The van der Waals surface area contributed by atoms with Gasteiger partial charge in [0.2, 0.25) is 0 Å². The molecule has 7 heteroatoms. The zero-order valence-corrected chi connectivity index (χ0v) is 16.8. The number of aromatic nitrogens is 1. The Hall–Kier alpha value is -3.19. The highest BCUT2D eigenvalue weighted by Gasteiger charge is 2.18. The number of nitrogens with two attached hydrogens (primary N) is 1. The molecule has 0 spiro atoms. The lowest BCUT2D eigenvalue weighted by Gasteiger charge is -2.18. The molecule has 2 aromatic carbocycles. The maximum atomic E-state index is 12.0. The van der Waals surface area contributed by atoms with Gasteiger partial charge in [-0.3, -0.25) is 4.79 Å². The summed E-state index contributed by atoms with van der Waals surface area (Å²) < 4.78 is 24.0. The maximum absolute atomic E-state index is 12.0. The molecule has 29 heavy (non-hydrogen) atoms. The van der Waals surface area contributed by atoms with Crippen molar-refractivity contribution in [2.24, 2.45) is 0 Å². The summed E-state index contributed by atoms with van der Waals surface area (Å²) in [6, 6.07) is 14.4. The molecule has 1 aliphatic rings. The molecule has 4 rings (SSSR count). The van der Waals surface area contributed by atoms with Gasteiger partial charge in [-0.25, -0.2) is 13.4 Å². The first kappa shape index (κ1) is 19.1. The van der Waals surface area contributed by atoms with Crippen LogP contribution >= 0.6 is 0 Å². The highest BCUT2D eigenvalue weighted by Crippen LogP contribution is 2.32. The summed E-state index contributed by atoms with van der Waals surface area (Å²) in [4.78, 5) is 16.6. The summed E-state index contributed by atoms with van der Waals surface area (Å²) in [5.41, 5.74) is 11.2. The van der Waals surface area contributed by atoms with E-state index in [2.05, 4.69) is 10.3 Å². The molecule has 1 aromatic heterocycles. The van der Waals surface area contributed by atoms with E-state index in [0.717, 1.165) is 34.2 Å². The normalized spacial score (nSPS) is 13.6. The summed E-state index contributed by atoms with van der Waals surface area (Å²) in [5, 5.41) is 2.84. The lowest BCUT2D eigenvalue weighted by atomic mass is 9.94. The monoisotopic (exact) mass is 407 g/mol. The first-order valence-electron chi connectivity index (χ1n) is 9.39. The number of nitrogens with zero attached hydrogens (tertiary/aromatic N) is 1. The Kier molecular flexibility index (Phi) is 4.84. The van der Waals surface area contributed by atoms with Crippen molar-refractivity contribution in [1.29, 1.82) is 0 Å². The van der Waals surface area contributed by atoms with Crippen LogP contribution in [-0.2, 0) is 16.3 Å². The zero-order valence-electron chi connectivity index (χ0n) is 16.0. The number of pyridine rings is 1. The molecule has 0 saturated carbocycles. The number of amides is 1. The molecule has 0 atom stereocenters. The van der Waals surface area contributed by atoms with Crippen molar-refractivity contribution in [2.45, 2.75) is 18.2 Å². The molecule has 0 radical (unpaired) electrons. The number of fused-ring (bicyclic) bond motifs is 1. The van der Waals surface area contributed by atoms with E-state index < -0.39 is 9.84 Å². The smallest absolute Gasteiger partial charge is 0.251 e. The number of benzene rings is 2. The second kappa shape index (κ2) is 7.33. The van der Waals surface area contributed by atoms with Crippen LogP contribution in [-0.4, -0.2) is 31.6 Å². The highest BCUT2D eigenvalue weighted by molar-refractivity contribution is 7.91. The molecule has 0 aliphatic carbocycles. The van der Waals surface area contributed by atoms with Gasteiger partial charge >= 0.3 is 0 Å². The Balaban J connectivity index is 1.73. The molecule has 0 unspecified atom stereocenters. The molecule has 1 aliphatic heterocycles. The molecule has 0 fully saturated rings. The van der Waals surface area contributed by atoms with Crippen LogP contribution in [0.4, 0.5) is 5.82 Å². The third-order valence-electron chi connectivity index (χ3n) is 5.19. The van der Waals surface area contributed by atoms with E-state index in [4.69, 9.17) is 5.73 Å². The van der Waals surface area contributed by atoms with Gasteiger partial charge in [-0.1, -0.05) is 31.2 Å². The van der Waals surface area contributed by atoms with Gasteiger partial charge < -0.3 is 11.1 Å². The minimum atomic E-state index is -3.24. The number of rotatable bonds is 4. The Morgan fingerprint density at radius 3 is 2.45 bits per heavy atom. The topological polar surface area (TPSA) is 102 Å². The first-order chi connectivity index (χ1) is 13.9. The van der Waals surface area contributed by atoms with E-state index in [1.807, 2.05) is 24.3 Å². The standard InChI is InChI=1S/C22H21N3O3S/c1-2-29(27,28)18-6-3-14(4-7-18)17-12-20(21(23)25-13-17)15-5-8-19-16(11-15)9-10-24-22(19)26/h3-8,11-13H,2,9-10H2,1H3,(H2,23,25)(H,24,26). The van der Waals surface area contributed by atoms with E-state index in [1.54, 1.807) is 37.4 Å². The minimum absolute atomic E-state index is 0.0558. The van der Waals surface area contributed by atoms with Crippen molar-refractivity contribution >= 4 is 21.6 Å². The average molecular weight is 407 g/mol. The van der Waals surface area contributed by atoms with Gasteiger partial charge in [0.15, 0.2) is 9.84 Å². The summed E-state index contributed by atoms with van der Waals surface area (Å²) in [5.74, 6) is 0.412. The van der Waals surface area contributed by atoms with Crippen molar-refractivity contribution in [3.05, 3.63) is 65.9 Å². The van der Waals surface area contributed by atoms with E-state index in [0.29, 0.717) is 22.8 Å². The first-order valence-corrected chi connectivity index (χ1v) is 11.0. The second-order valence-electron chi connectivity index (χ2n) is 6.96. The quantitative estimate of drug-likeness (QED) is 0.692. The molecule has 2 heterocycles. The number of carbonyl (C=O) groups excluding carboxylic acids is 1. The predicted molar refractivity (Wildman–Crippen MR) is 113 cm³/mol. The summed E-state index contributed by atoms with van der Waals surface area (Å²) in [6.45, 7) is 2.25. The fourth-order valence-electron chi connectivity index (χ4n) is 3.48. The van der Waals surface area contributed by atoms with Gasteiger partial charge in [-0.2, -0.15) is 0 Å². The summed E-state index contributed by atoms with van der Waals surface area (Å²) in [7, 11) is -3.24. The highest BCUT2D eigenvalue weighted by atomic mass is 32.2. The Morgan fingerprint density at radius 2 is 1.72 bits per heavy atom. The van der Waals surface area contributed by atoms with Crippen LogP contribution in [0.1, 0.15) is 22.8 Å². The van der Waals surface area contributed by atoms with Gasteiger partial charge in [0.1, 0.15) is 5.82 Å². The van der Waals surface area contributed by atoms with E-state index in [-0.39, 0.29) is 11.7 Å².